The van der Waals surface area contributed by atoms with Crippen LogP contribution in [0.5, 0.6) is 5.75 Å². The highest BCUT2D eigenvalue weighted by Gasteiger charge is 2.08. The molecule has 0 fully saturated rings. The molecule has 0 aliphatic heterocycles. The van der Waals surface area contributed by atoms with Gasteiger partial charge in [0.25, 0.3) is 0 Å². The van der Waals surface area contributed by atoms with Crippen LogP contribution >= 0.6 is 0 Å². The minimum absolute atomic E-state index is 0.284. The van der Waals surface area contributed by atoms with Crippen LogP contribution in [-0.4, -0.2) is 19.4 Å². The Balaban J connectivity index is 2.39. The van der Waals surface area contributed by atoms with Crippen LogP contribution in [-0.2, 0) is 11.2 Å². The lowest BCUT2D eigenvalue weighted by atomic mass is 9.98. The minimum Gasteiger partial charge on any atom is -0.497 e. The molecule has 1 aromatic rings. The van der Waals surface area contributed by atoms with Crippen molar-refractivity contribution in [3.05, 3.63) is 29.8 Å². The third-order valence-corrected chi connectivity index (χ3v) is 3.11. The number of ether oxygens (including phenoxy) is 1. The maximum atomic E-state index is 11.8. The lowest BCUT2D eigenvalue weighted by Crippen LogP contribution is -2.09. The fourth-order valence-electron chi connectivity index (χ4n) is 1.93. The monoisotopic (exact) mass is 249 g/mol. The first kappa shape index (κ1) is 14.7. The molecule has 0 saturated heterocycles. The number of methoxy groups -OCH3 is 1. The van der Waals surface area contributed by atoms with Crippen molar-refractivity contribution in [1.82, 2.24) is 0 Å². The molecule has 0 saturated carbocycles. The number of hydrogen-bond donors (Lipinski definition) is 1. The number of carbonyl (C=O) groups excluding carboxylic acids is 1. The zero-order valence-corrected chi connectivity index (χ0v) is 11.3. The first-order valence-corrected chi connectivity index (χ1v) is 6.50. The molecule has 0 amide bonds. The molecule has 1 aromatic carbocycles. The van der Waals surface area contributed by atoms with E-state index >= 15 is 0 Å². The van der Waals surface area contributed by atoms with Gasteiger partial charge in [0.1, 0.15) is 11.5 Å². The summed E-state index contributed by atoms with van der Waals surface area (Å²) in [5, 5.41) is 0. The van der Waals surface area contributed by atoms with Crippen LogP contribution in [0.2, 0.25) is 0 Å². The van der Waals surface area contributed by atoms with E-state index in [1.165, 1.54) is 0 Å². The minimum atomic E-state index is 0.284. The molecule has 3 nitrogen and oxygen atoms in total. The van der Waals surface area contributed by atoms with Crippen LogP contribution in [0.4, 0.5) is 0 Å². The second-order valence-corrected chi connectivity index (χ2v) is 4.79. The Hall–Kier alpha value is -1.35. The summed E-state index contributed by atoms with van der Waals surface area (Å²) >= 11 is 0. The first-order valence-electron chi connectivity index (χ1n) is 6.50. The van der Waals surface area contributed by atoms with Crippen LogP contribution in [0.15, 0.2) is 24.3 Å². The maximum Gasteiger partial charge on any atom is 0.137 e. The normalized spacial score (nSPS) is 12.2. The van der Waals surface area contributed by atoms with E-state index in [1.807, 2.05) is 24.3 Å². The summed E-state index contributed by atoms with van der Waals surface area (Å²) in [6.45, 7) is 2.84. The highest BCUT2D eigenvalue weighted by atomic mass is 16.5. The lowest BCUT2D eigenvalue weighted by Gasteiger charge is -2.09. The SMILES string of the molecule is COc1cccc(CC(=O)CCC(C)CCN)c1. The fourth-order valence-corrected chi connectivity index (χ4v) is 1.93. The standard InChI is InChI=1S/C15H23NO2/c1-12(8-9-16)6-7-14(17)10-13-4-3-5-15(11-13)18-2/h3-5,11-12H,6-10,16H2,1-2H3. The van der Waals surface area contributed by atoms with Crippen molar-refractivity contribution in [2.45, 2.75) is 32.6 Å². The van der Waals surface area contributed by atoms with Crippen molar-refractivity contribution in [2.75, 3.05) is 13.7 Å². The van der Waals surface area contributed by atoms with Crippen LogP contribution in [0.3, 0.4) is 0 Å². The Labute approximate surface area is 109 Å². The summed E-state index contributed by atoms with van der Waals surface area (Å²) < 4.78 is 5.14. The van der Waals surface area contributed by atoms with Gasteiger partial charge in [0.05, 0.1) is 7.11 Å². The van der Waals surface area contributed by atoms with Crippen molar-refractivity contribution in [3.63, 3.8) is 0 Å². The Morgan fingerprint density at radius 1 is 1.39 bits per heavy atom. The third-order valence-electron chi connectivity index (χ3n) is 3.11. The molecular weight excluding hydrogens is 226 g/mol. The smallest absolute Gasteiger partial charge is 0.137 e. The quantitative estimate of drug-likeness (QED) is 0.770. The van der Waals surface area contributed by atoms with E-state index in [9.17, 15) is 4.79 Å². The number of Topliss-reactive ketones (excluding diaryl/α,β-unsaturated/α-hetero) is 1. The molecule has 2 N–H and O–H groups in total. The van der Waals surface area contributed by atoms with Crippen molar-refractivity contribution in [3.8, 4) is 5.75 Å². The highest BCUT2D eigenvalue weighted by Crippen LogP contribution is 2.15. The number of carbonyl (C=O) groups is 1. The molecule has 0 aromatic heterocycles. The Bertz CT molecular complexity index is 377. The second kappa shape index (κ2) is 7.88. The predicted octanol–water partition coefficient (Wildman–Crippen LogP) is 2.57. The second-order valence-electron chi connectivity index (χ2n) is 4.79. The predicted molar refractivity (Wildman–Crippen MR) is 73.8 cm³/mol. The van der Waals surface area contributed by atoms with Crippen molar-refractivity contribution < 1.29 is 9.53 Å². The number of hydrogen-bond acceptors (Lipinski definition) is 3. The van der Waals surface area contributed by atoms with Gasteiger partial charge in [0, 0.05) is 12.8 Å². The topological polar surface area (TPSA) is 52.3 Å². The summed E-state index contributed by atoms with van der Waals surface area (Å²) in [4.78, 5) is 11.8. The van der Waals surface area contributed by atoms with Gasteiger partial charge >= 0.3 is 0 Å². The molecule has 1 rings (SSSR count). The Kier molecular flexibility index (Phi) is 6.44. The summed E-state index contributed by atoms with van der Waals surface area (Å²) in [6, 6.07) is 7.68. The van der Waals surface area contributed by atoms with Gasteiger partial charge in [0.2, 0.25) is 0 Å². The van der Waals surface area contributed by atoms with Crippen LogP contribution in [0.25, 0.3) is 0 Å². The maximum absolute atomic E-state index is 11.8. The van der Waals surface area contributed by atoms with Gasteiger partial charge in [-0.3, -0.25) is 4.79 Å². The van der Waals surface area contributed by atoms with E-state index in [4.69, 9.17) is 10.5 Å². The Morgan fingerprint density at radius 2 is 2.17 bits per heavy atom. The van der Waals surface area contributed by atoms with E-state index in [1.54, 1.807) is 7.11 Å². The molecule has 0 bridgehead atoms. The fraction of sp³-hybridized carbons (Fsp3) is 0.533. The molecule has 1 unspecified atom stereocenters. The summed E-state index contributed by atoms with van der Waals surface area (Å²) in [6.07, 6.45) is 3.05. The van der Waals surface area contributed by atoms with Gasteiger partial charge in [-0.25, -0.2) is 0 Å². The van der Waals surface area contributed by atoms with Crippen LogP contribution in [0.1, 0.15) is 31.7 Å². The molecule has 0 aliphatic carbocycles. The highest BCUT2D eigenvalue weighted by molar-refractivity contribution is 5.80. The van der Waals surface area contributed by atoms with Crippen molar-refractivity contribution >= 4 is 5.78 Å². The average molecular weight is 249 g/mol. The van der Waals surface area contributed by atoms with Crippen LogP contribution in [0, 0.1) is 5.92 Å². The first-order chi connectivity index (χ1) is 8.65. The third kappa shape index (κ3) is 5.32. The molecule has 0 aliphatic rings. The zero-order valence-electron chi connectivity index (χ0n) is 11.3. The van der Waals surface area contributed by atoms with E-state index in [-0.39, 0.29) is 5.78 Å². The van der Waals surface area contributed by atoms with E-state index in [0.29, 0.717) is 25.3 Å². The average Bonchev–Trinajstić information content (AvgIpc) is 2.37. The largest absolute Gasteiger partial charge is 0.497 e. The molecule has 3 heteroatoms. The Morgan fingerprint density at radius 3 is 2.83 bits per heavy atom. The van der Waals surface area contributed by atoms with Gasteiger partial charge in [-0.2, -0.15) is 0 Å². The lowest BCUT2D eigenvalue weighted by molar-refractivity contribution is -0.118. The molecular formula is C15H23NO2. The van der Waals surface area contributed by atoms with Crippen molar-refractivity contribution in [2.24, 2.45) is 11.7 Å². The molecule has 100 valence electrons. The molecule has 0 spiro atoms. The van der Waals surface area contributed by atoms with Crippen LogP contribution < -0.4 is 10.5 Å². The summed E-state index contributed by atoms with van der Waals surface area (Å²) in [5.41, 5.74) is 6.51. The van der Waals surface area contributed by atoms with E-state index < -0.39 is 0 Å². The van der Waals surface area contributed by atoms with Gasteiger partial charge in [0.15, 0.2) is 0 Å². The number of benzene rings is 1. The van der Waals surface area contributed by atoms with Crippen molar-refractivity contribution in [1.29, 1.82) is 0 Å². The van der Waals surface area contributed by atoms with E-state index in [0.717, 1.165) is 24.2 Å². The number of rotatable bonds is 8. The number of nitrogens with two attached hydrogens (primary N) is 1. The van der Waals surface area contributed by atoms with E-state index in [2.05, 4.69) is 6.92 Å². The molecule has 1 atom stereocenters. The molecule has 0 heterocycles. The summed E-state index contributed by atoms with van der Waals surface area (Å²) in [5.74, 6) is 1.62. The molecule has 18 heavy (non-hydrogen) atoms. The number of ketones is 1. The zero-order chi connectivity index (χ0) is 13.4. The van der Waals surface area contributed by atoms with Gasteiger partial charge in [-0.1, -0.05) is 19.1 Å². The van der Waals surface area contributed by atoms with Gasteiger partial charge in [-0.05, 0) is 43.0 Å². The van der Waals surface area contributed by atoms with Gasteiger partial charge < -0.3 is 10.5 Å². The van der Waals surface area contributed by atoms with Gasteiger partial charge in [-0.15, -0.1) is 0 Å². The molecule has 0 radical (unpaired) electrons. The summed E-state index contributed by atoms with van der Waals surface area (Å²) in [7, 11) is 1.63.